The first kappa shape index (κ1) is 12.1. The molecule has 82 valence electrons. The third-order valence-corrected chi connectivity index (χ3v) is 3.20. The molecule has 0 saturated carbocycles. The second-order valence-corrected chi connectivity index (χ2v) is 4.31. The number of nitrogens with one attached hydrogen (secondary N) is 1. The number of benzene rings is 1. The molecule has 5 heteroatoms. The molecule has 1 aromatic carbocycles. The SMILES string of the molecule is CCC(NOC)[P+](=O)Oc1ccccc1. The lowest BCUT2D eigenvalue weighted by molar-refractivity contribution is 0.0791. The summed E-state index contributed by atoms with van der Waals surface area (Å²) in [6.07, 6.45) is 0.676. The zero-order valence-corrected chi connectivity index (χ0v) is 9.74. The highest BCUT2D eigenvalue weighted by molar-refractivity contribution is 7.40. The number of para-hydroxylation sites is 1. The van der Waals surface area contributed by atoms with E-state index in [0.717, 1.165) is 0 Å². The summed E-state index contributed by atoms with van der Waals surface area (Å²) in [6, 6.07) is 9.09. The highest BCUT2D eigenvalue weighted by Crippen LogP contribution is 2.31. The van der Waals surface area contributed by atoms with Gasteiger partial charge in [0.15, 0.2) is 5.75 Å². The van der Waals surface area contributed by atoms with Crippen molar-refractivity contribution in [3.05, 3.63) is 30.3 Å². The standard InChI is InChI=1S/C10H15NO3P/c1-3-10(11-13-2)15(12)14-9-7-5-4-6-8-9/h4-8,10-11H,3H2,1-2H3/q+1. The number of rotatable bonds is 6. The second-order valence-electron chi connectivity index (χ2n) is 2.94. The van der Waals surface area contributed by atoms with Crippen molar-refractivity contribution in [2.24, 2.45) is 0 Å². The Kier molecular flexibility index (Phi) is 5.26. The largest absolute Gasteiger partial charge is 0.577 e. The van der Waals surface area contributed by atoms with Crippen LogP contribution in [0.2, 0.25) is 0 Å². The van der Waals surface area contributed by atoms with Crippen LogP contribution in [-0.2, 0) is 9.40 Å². The van der Waals surface area contributed by atoms with Gasteiger partial charge in [-0.25, -0.2) is 0 Å². The monoisotopic (exact) mass is 228 g/mol. The summed E-state index contributed by atoms with van der Waals surface area (Å²) in [5, 5.41) is 0. The Balaban J connectivity index is 2.54. The van der Waals surface area contributed by atoms with Gasteiger partial charge in [-0.2, -0.15) is 5.48 Å². The third kappa shape index (κ3) is 3.96. The Morgan fingerprint density at radius 1 is 1.40 bits per heavy atom. The smallest absolute Gasteiger partial charge is 0.301 e. The molecule has 4 nitrogen and oxygen atoms in total. The lowest BCUT2D eigenvalue weighted by Crippen LogP contribution is -2.24. The Bertz CT molecular complexity index is 305. The van der Waals surface area contributed by atoms with Gasteiger partial charge in [-0.3, -0.25) is 4.52 Å². The van der Waals surface area contributed by atoms with Gasteiger partial charge >= 0.3 is 8.03 Å². The van der Waals surface area contributed by atoms with Crippen molar-refractivity contribution < 1.29 is 13.9 Å². The van der Waals surface area contributed by atoms with Gasteiger partial charge < -0.3 is 4.84 Å². The van der Waals surface area contributed by atoms with Crippen LogP contribution in [0.3, 0.4) is 0 Å². The van der Waals surface area contributed by atoms with Crippen LogP contribution < -0.4 is 10.0 Å². The first-order chi connectivity index (χ1) is 7.27. The summed E-state index contributed by atoms with van der Waals surface area (Å²) in [5.41, 5.74) is 2.64. The molecule has 0 aliphatic rings. The summed E-state index contributed by atoms with van der Waals surface area (Å²) in [5.74, 6) is 0.320. The van der Waals surface area contributed by atoms with Gasteiger partial charge in [0.2, 0.25) is 0 Å². The van der Waals surface area contributed by atoms with Gasteiger partial charge in [-0.05, 0) is 16.7 Å². The average Bonchev–Trinajstić information content (AvgIpc) is 2.27. The van der Waals surface area contributed by atoms with Gasteiger partial charge in [0, 0.05) is 6.42 Å². The molecule has 0 spiro atoms. The molecule has 0 bridgehead atoms. The molecule has 1 aromatic rings. The van der Waals surface area contributed by atoms with Crippen molar-refractivity contribution in [2.45, 2.75) is 19.1 Å². The normalized spacial score (nSPS) is 13.3. The van der Waals surface area contributed by atoms with E-state index in [1.807, 2.05) is 25.1 Å². The van der Waals surface area contributed by atoms with Crippen LogP contribution in [0.5, 0.6) is 5.75 Å². The first-order valence-corrected chi connectivity index (χ1v) is 6.00. The molecule has 1 N–H and O–H groups in total. The highest BCUT2D eigenvalue weighted by atomic mass is 31.1. The number of hydrogen-bond acceptors (Lipinski definition) is 4. The molecular formula is C10H15NO3P+. The first-order valence-electron chi connectivity index (χ1n) is 4.75. The minimum atomic E-state index is -1.81. The fourth-order valence-corrected chi connectivity index (χ4v) is 2.01. The maximum atomic E-state index is 11.7. The molecule has 2 unspecified atom stereocenters. The van der Waals surface area contributed by atoms with Crippen LogP contribution in [0.4, 0.5) is 0 Å². The zero-order valence-electron chi connectivity index (χ0n) is 8.84. The minimum Gasteiger partial charge on any atom is -0.301 e. The molecule has 0 fully saturated rings. The Morgan fingerprint density at radius 3 is 2.60 bits per heavy atom. The highest BCUT2D eigenvalue weighted by Gasteiger charge is 2.32. The molecular weight excluding hydrogens is 213 g/mol. The molecule has 0 saturated heterocycles. The zero-order chi connectivity index (χ0) is 11.1. The van der Waals surface area contributed by atoms with Crippen LogP contribution in [0, 0.1) is 0 Å². The van der Waals surface area contributed by atoms with E-state index in [2.05, 4.69) is 5.48 Å². The minimum absolute atomic E-state index is 0.287. The quantitative estimate of drug-likeness (QED) is 0.600. The number of hydrogen-bond donors (Lipinski definition) is 1. The fraction of sp³-hybridized carbons (Fsp3) is 0.400. The molecule has 0 aliphatic carbocycles. The third-order valence-electron chi connectivity index (χ3n) is 1.83. The van der Waals surface area contributed by atoms with Gasteiger partial charge in [0.1, 0.15) is 0 Å². The summed E-state index contributed by atoms with van der Waals surface area (Å²) in [4.78, 5) is 4.74. The Hall–Kier alpha value is -0.960. The van der Waals surface area contributed by atoms with E-state index in [0.29, 0.717) is 12.2 Å². The van der Waals surface area contributed by atoms with Crippen molar-refractivity contribution >= 4 is 8.03 Å². The van der Waals surface area contributed by atoms with Crippen LogP contribution in [-0.4, -0.2) is 12.9 Å². The van der Waals surface area contributed by atoms with Gasteiger partial charge in [0.05, 0.1) is 7.11 Å². The van der Waals surface area contributed by atoms with Crippen molar-refractivity contribution in [3.63, 3.8) is 0 Å². The van der Waals surface area contributed by atoms with Crippen molar-refractivity contribution in [3.8, 4) is 5.75 Å². The predicted molar refractivity (Wildman–Crippen MR) is 58.9 cm³/mol. The maximum Gasteiger partial charge on any atom is 0.577 e. The van der Waals surface area contributed by atoms with E-state index in [9.17, 15) is 4.57 Å². The van der Waals surface area contributed by atoms with Crippen molar-refractivity contribution in [1.82, 2.24) is 5.48 Å². The number of hydroxylamine groups is 1. The van der Waals surface area contributed by atoms with E-state index in [4.69, 9.17) is 9.36 Å². The van der Waals surface area contributed by atoms with Crippen LogP contribution in [0.1, 0.15) is 13.3 Å². The lowest BCUT2D eigenvalue weighted by atomic mass is 10.3. The summed E-state index contributed by atoms with van der Waals surface area (Å²) in [7, 11) is -0.318. The molecule has 2 atom stereocenters. The predicted octanol–water partition coefficient (Wildman–Crippen LogP) is 2.69. The van der Waals surface area contributed by atoms with Crippen LogP contribution >= 0.6 is 8.03 Å². The lowest BCUT2D eigenvalue weighted by Gasteiger charge is -2.03. The van der Waals surface area contributed by atoms with Crippen LogP contribution in [0.25, 0.3) is 0 Å². The maximum absolute atomic E-state index is 11.7. The molecule has 15 heavy (non-hydrogen) atoms. The van der Waals surface area contributed by atoms with Gasteiger partial charge in [0.25, 0.3) is 5.78 Å². The van der Waals surface area contributed by atoms with Gasteiger partial charge in [-0.1, -0.05) is 25.1 Å². The van der Waals surface area contributed by atoms with E-state index in [1.165, 1.54) is 7.11 Å². The van der Waals surface area contributed by atoms with E-state index in [1.54, 1.807) is 12.1 Å². The van der Waals surface area contributed by atoms with E-state index in [-0.39, 0.29) is 5.78 Å². The molecule has 0 aromatic heterocycles. The van der Waals surface area contributed by atoms with Crippen molar-refractivity contribution in [2.75, 3.05) is 7.11 Å². The molecule has 0 aliphatic heterocycles. The molecule has 0 heterocycles. The summed E-state index contributed by atoms with van der Waals surface area (Å²) in [6.45, 7) is 1.91. The van der Waals surface area contributed by atoms with Crippen LogP contribution in [0.15, 0.2) is 30.3 Å². The Labute approximate surface area is 90.4 Å². The van der Waals surface area contributed by atoms with E-state index < -0.39 is 8.03 Å². The topological polar surface area (TPSA) is 47.6 Å². The van der Waals surface area contributed by atoms with Crippen molar-refractivity contribution in [1.29, 1.82) is 0 Å². The molecule has 0 amide bonds. The Morgan fingerprint density at radius 2 is 2.07 bits per heavy atom. The van der Waals surface area contributed by atoms with E-state index >= 15 is 0 Å². The summed E-state index contributed by atoms with van der Waals surface area (Å²) < 4.78 is 17.0. The average molecular weight is 228 g/mol. The summed E-state index contributed by atoms with van der Waals surface area (Å²) >= 11 is 0. The van der Waals surface area contributed by atoms with Gasteiger partial charge in [-0.15, -0.1) is 0 Å². The molecule has 1 rings (SSSR count). The second kappa shape index (κ2) is 6.51. The fourth-order valence-electron chi connectivity index (χ4n) is 1.06. The molecule has 0 radical (unpaired) electrons.